The summed E-state index contributed by atoms with van der Waals surface area (Å²) in [4.78, 5) is 14.3. The van der Waals surface area contributed by atoms with Gasteiger partial charge in [-0.2, -0.15) is 0 Å². The number of likely N-dealkylation sites (tertiary alicyclic amines) is 1. The number of nitrogens with zero attached hydrogens (tertiary/aromatic N) is 6. The molecule has 4 rings (SSSR count). The molecule has 0 saturated carbocycles. The van der Waals surface area contributed by atoms with Gasteiger partial charge >= 0.3 is 0 Å². The highest BCUT2D eigenvalue weighted by Gasteiger charge is 2.20. The minimum Gasteiger partial charge on any atom is -0.337 e. The van der Waals surface area contributed by atoms with Crippen molar-refractivity contribution in [3.05, 3.63) is 35.9 Å². The second-order valence-electron chi connectivity index (χ2n) is 7.13. The van der Waals surface area contributed by atoms with Crippen molar-refractivity contribution in [2.45, 2.75) is 45.3 Å². The van der Waals surface area contributed by atoms with Crippen LogP contribution in [-0.4, -0.2) is 55.1 Å². The standard InChI is InChI=1S/C18H28N6/c1-21-10-6-19-18(21)15-23-9-5-17-20-13-16(24(17)12-11-23)14-22-7-3-2-4-8-22/h6,10,13H,2-5,7-9,11-12,14-15H2,1H3. The average Bonchev–Trinajstić information content (AvgIpc) is 3.11. The van der Waals surface area contributed by atoms with Gasteiger partial charge in [0.15, 0.2) is 0 Å². The molecule has 0 spiro atoms. The van der Waals surface area contributed by atoms with Crippen LogP contribution in [0.15, 0.2) is 18.6 Å². The Morgan fingerprint density at radius 3 is 2.54 bits per heavy atom. The van der Waals surface area contributed by atoms with Crippen molar-refractivity contribution in [1.82, 2.24) is 28.9 Å². The summed E-state index contributed by atoms with van der Waals surface area (Å²) in [6.45, 7) is 7.65. The summed E-state index contributed by atoms with van der Waals surface area (Å²) in [6, 6.07) is 0. The minimum absolute atomic E-state index is 0.926. The van der Waals surface area contributed by atoms with E-state index in [1.54, 1.807) is 0 Å². The normalized spacial score (nSPS) is 20.0. The zero-order chi connectivity index (χ0) is 16.4. The quantitative estimate of drug-likeness (QED) is 0.856. The van der Waals surface area contributed by atoms with E-state index in [1.807, 2.05) is 12.4 Å². The number of fused-ring (bicyclic) bond motifs is 1. The van der Waals surface area contributed by atoms with Gasteiger partial charge in [0.1, 0.15) is 11.6 Å². The lowest BCUT2D eigenvalue weighted by Gasteiger charge is -2.26. The SMILES string of the molecule is Cn1ccnc1CN1CCc2ncc(CN3CCCCC3)n2CC1. The predicted molar refractivity (Wildman–Crippen MR) is 93.5 cm³/mol. The molecule has 0 aromatic carbocycles. The summed E-state index contributed by atoms with van der Waals surface area (Å²) in [6.07, 6.45) is 11.1. The number of aryl methyl sites for hydroxylation is 1. The largest absolute Gasteiger partial charge is 0.337 e. The van der Waals surface area contributed by atoms with Gasteiger partial charge in [-0.05, 0) is 25.9 Å². The molecule has 1 saturated heterocycles. The summed E-state index contributed by atoms with van der Waals surface area (Å²) >= 11 is 0. The van der Waals surface area contributed by atoms with E-state index < -0.39 is 0 Å². The van der Waals surface area contributed by atoms with Crippen molar-refractivity contribution in [2.24, 2.45) is 7.05 Å². The van der Waals surface area contributed by atoms with Crippen LogP contribution in [0.3, 0.4) is 0 Å². The zero-order valence-electron chi connectivity index (χ0n) is 14.7. The van der Waals surface area contributed by atoms with Crippen LogP contribution in [0.2, 0.25) is 0 Å². The minimum atomic E-state index is 0.926. The molecule has 0 N–H and O–H groups in total. The van der Waals surface area contributed by atoms with E-state index in [-0.39, 0.29) is 0 Å². The molecule has 0 aliphatic carbocycles. The fourth-order valence-corrected chi connectivity index (χ4v) is 3.92. The third kappa shape index (κ3) is 3.39. The monoisotopic (exact) mass is 328 g/mol. The van der Waals surface area contributed by atoms with Crippen molar-refractivity contribution in [1.29, 1.82) is 0 Å². The molecule has 4 heterocycles. The van der Waals surface area contributed by atoms with Crippen LogP contribution in [-0.2, 0) is 33.1 Å². The molecule has 24 heavy (non-hydrogen) atoms. The van der Waals surface area contributed by atoms with Gasteiger partial charge < -0.3 is 9.13 Å². The maximum absolute atomic E-state index is 4.72. The Bertz CT molecular complexity index is 667. The molecule has 0 amide bonds. The maximum atomic E-state index is 4.72. The summed E-state index contributed by atoms with van der Waals surface area (Å²) in [5.41, 5.74) is 1.39. The van der Waals surface area contributed by atoms with Gasteiger partial charge in [0.2, 0.25) is 0 Å². The van der Waals surface area contributed by atoms with Crippen molar-refractivity contribution >= 4 is 0 Å². The Kier molecular flexibility index (Phi) is 4.67. The molecule has 0 bridgehead atoms. The van der Waals surface area contributed by atoms with Gasteiger partial charge in [0.25, 0.3) is 0 Å². The Morgan fingerprint density at radius 1 is 0.917 bits per heavy atom. The van der Waals surface area contributed by atoms with Crippen LogP contribution in [0, 0.1) is 0 Å². The van der Waals surface area contributed by atoms with Gasteiger partial charge in [0.05, 0.1) is 12.2 Å². The highest BCUT2D eigenvalue weighted by Crippen LogP contribution is 2.17. The highest BCUT2D eigenvalue weighted by atomic mass is 15.2. The molecule has 130 valence electrons. The van der Waals surface area contributed by atoms with Gasteiger partial charge in [-0.1, -0.05) is 6.42 Å². The Morgan fingerprint density at radius 2 is 1.75 bits per heavy atom. The predicted octanol–water partition coefficient (Wildman–Crippen LogP) is 1.66. The summed E-state index contributed by atoms with van der Waals surface area (Å²) in [5, 5.41) is 0. The smallest absolute Gasteiger partial charge is 0.122 e. The molecular formula is C18H28N6. The molecule has 0 unspecified atom stereocenters. The highest BCUT2D eigenvalue weighted by molar-refractivity contribution is 5.08. The van der Waals surface area contributed by atoms with Crippen LogP contribution in [0.5, 0.6) is 0 Å². The fourth-order valence-electron chi connectivity index (χ4n) is 3.92. The van der Waals surface area contributed by atoms with Gasteiger partial charge in [-0.15, -0.1) is 0 Å². The van der Waals surface area contributed by atoms with E-state index in [1.165, 1.54) is 43.9 Å². The lowest BCUT2D eigenvalue weighted by molar-refractivity contribution is 0.214. The van der Waals surface area contributed by atoms with Crippen molar-refractivity contribution in [3.8, 4) is 0 Å². The Hall–Kier alpha value is -1.66. The van der Waals surface area contributed by atoms with Crippen molar-refractivity contribution in [2.75, 3.05) is 26.2 Å². The summed E-state index contributed by atoms with van der Waals surface area (Å²) in [5.74, 6) is 2.40. The van der Waals surface area contributed by atoms with Crippen LogP contribution in [0.25, 0.3) is 0 Å². The number of rotatable bonds is 4. The van der Waals surface area contributed by atoms with E-state index >= 15 is 0 Å². The second kappa shape index (κ2) is 7.07. The Balaban J connectivity index is 1.40. The van der Waals surface area contributed by atoms with Crippen LogP contribution in [0.4, 0.5) is 0 Å². The lowest BCUT2D eigenvalue weighted by atomic mass is 10.1. The topological polar surface area (TPSA) is 42.1 Å². The zero-order valence-corrected chi connectivity index (χ0v) is 14.7. The summed E-state index contributed by atoms with van der Waals surface area (Å²) in [7, 11) is 2.07. The number of hydrogen-bond acceptors (Lipinski definition) is 4. The van der Waals surface area contributed by atoms with E-state index in [2.05, 4.69) is 37.2 Å². The second-order valence-corrected chi connectivity index (χ2v) is 7.13. The number of hydrogen-bond donors (Lipinski definition) is 0. The van der Waals surface area contributed by atoms with Gasteiger partial charge in [-0.3, -0.25) is 9.80 Å². The van der Waals surface area contributed by atoms with E-state index in [0.717, 1.165) is 45.0 Å². The molecule has 6 nitrogen and oxygen atoms in total. The van der Waals surface area contributed by atoms with Gasteiger partial charge in [0, 0.05) is 58.2 Å². The van der Waals surface area contributed by atoms with Crippen LogP contribution < -0.4 is 0 Å². The number of piperidine rings is 1. The molecule has 0 radical (unpaired) electrons. The van der Waals surface area contributed by atoms with E-state index in [9.17, 15) is 0 Å². The fraction of sp³-hybridized carbons (Fsp3) is 0.667. The van der Waals surface area contributed by atoms with Crippen molar-refractivity contribution < 1.29 is 0 Å². The first kappa shape index (κ1) is 15.8. The molecule has 2 aromatic rings. The first-order chi connectivity index (χ1) is 11.8. The molecule has 6 heteroatoms. The van der Waals surface area contributed by atoms with Crippen LogP contribution >= 0.6 is 0 Å². The number of imidazole rings is 2. The maximum Gasteiger partial charge on any atom is 0.122 e. The van der Waals surface area contributed by atoms with E-state index in [4.69, 9.17) is 4.98 Å². The van der Waals surface area contributed by atoms with Crippen LogP contribution in [0.1, 0.15) is 36.6 Å². The molecular weight excluding hydrogens is 300 g/mol. The molecule has 2 aliphatic rings. The Labute approximate surface area is 144 Å². The molecule has 1 fully saturated rings. The van der Waals surface area contributed by atoms with Crippen molar-refractivity contribution in [3.63, 3.8) is 0 Å². The first-order valence-corrected chi connectivity index (χ1v) is 9.24. The lowest BCUT2D eigenvalue weighted by Crippen LogP contribution is -2.31. The third-order valence-corrected chi connectivity index (χ3v) is 5.43. The van der Waals surface area contributed by atoms with E-state index in [0.29, 0.717) is 0 Å². The summed E-state index contributed by atoms with van der Waals surface area (Å²) < 4.78 is 4.58. The molecule has 2 aliphatic heterocycles. The van der Waals surface area contributed by atoms with Gasteiger partial charge in [-0.25, -0.2) is 9.97 Å². The molecule has 0 atom stereocenters. The molecule has 2 aromatic heterocycles. The first-order valence-electron chi connectivity index (χ1n) is 9.24. The third-order valence-electron chi connectivity index (χ3n) is 5.43. The number of aromatic nitrogens is 4. The average molecular weight is 328 g/mol.